The minimum absolute atomic E-state index is 0.0426. The van der Waals surface area contributed by atoms with Gasteiger partial charge in [-0.1, -0.05) is 59.1 Å². The number of benzene rings is 3. The number of rotatable bonds is 5. The molecule has 5 rings (SSSR count). The van der Waals surface area contributed by atoms with E-state index >= 15 is 0 Å². The van der Waals surface area contributed by atoms with Crippen LogP contribution in [0.5, 0.6) is 5.75 Å². The molecule has 1 unspecified atom stereocenters. The van der Waals surface area contributed by atoms with Crippen LogP contribution in [0.15, 0.2) is 77.3 Å². The molecule has 0 saturated carbocycles. The Bertz CT molecular complexity index is 1600. The Hall–Kier alpha value is -3.72. The molecule has 0 fully saturated rings. The van der Waals surface area contributed by atoms with E-state index < -0.39 is 5.92 Å². The largest absolute Gasteiger partial charge is 0.487 e. The fourth-order valence-corrected chi connectivity index (χ4v) is 6.00. The summed E-state index contributed by atoms with van der Waals surface area (Å²) in [5.74, 6) is 0.408. The van der Waals surface area contributed by atoms with E-state index in [1.807, 2.05) is 62.1 Å². The van der Waals surface area contributed by atoms with Gasteiger partial charge < -0.3 is 10.5 Å². The predicted octanol–water partition coefficient (Wildman–Crippen LogP) is 7.80. The first kappa shape index (κ1) is 26.9. The second-order valence-corrected chi connectivity index (χ2v) is 10.9. The van der Waals surface area contributed by atoms with E-state index in [9.17, 15) is 10.1 Å². The molecule has 0 aromatic heterocycles. The van der Waals surface area contributed by atoms with Crippen molar-refractivity contribution in [3.63, 3.8) is 0 Å². The summed E-state index contributed by atoms with van der Waals surface area (Å²) in [5, 5.41) is 11.6. The van der Waals surface area contributed by atoms with Gasteiger partial charge in [0.15, 0.2) is 5.78 Å². The maximum atomic E-state index is 13.6. The van der Waals surface area contributed by atoms with Gasteiger partial charge in [0, 0.05) is 22.7 Å². The maximum absolute atomic E-state index is 13.6. The third-order valence-corrected chi connectivity index (χ3v) is 8.35. The number of nitrogens with two attached hydrogens (primary N) is 1. The summed E-state index contributed by atoms with van der Waals surface area (Å²) in [6, 6.07) is 19.4. The first-order valence-corrected chi connectivity index (χ1v) is 13.7. The minimum atomic E-state index is -0.562. The summed E-state index contributed by atoms with van der Waals surface area (Å²) in [5.41, 5.74) is 14.1. The maximum Gasteiger partial charge on any atom is 0.161 e. The number of nitrogens with zero attached hydrogens (tertiary/aromatic N) is 2. The van der Waals surface area contributed by atoms with E-state index in [-0.39, 0.29) is 5.78 Å². The summed E-state index contributed by atoms with van der Waals surface area (Å²) in [7, 11) is 0. The number of para-hydroxylation sites is 1. The summed E-state index contributed by atoms with van der Waals surface area (Å²) in [6.07, 6.45) is 1.83. The highest BCUT2D eigenvalue weighted by Crippen LogP contribution is 2.48. The first-order valence-electron chi connectivity index (χ1n) is 12.9. The molecular formula is C32H29Cl2N3O2. The first-order chi connectivity index (χ1) is 18.7. The molecular weight excluding hydrogens is 529 g/mol. The number of allylic oxidation sites excluding steroid dienone is 3. The van der Waals surface area contributed by atoms with Gasteiger partial charge in [-0.05, 0) is 80.1 Å². The fourth-order valence-electron chi connectivity index (χ4n) is 5.64. The topological polar surface area (TPSA) is 79.3 Å². The number of ether oxygens (including phenoxy) is 1. The highest BCUT2D eigenvalue weighted by atomic mass is 35.5. The molecule has 0 amide bonds. The van der Waals surface area contributed by atoms with Gasteiger partial charge in [0.25, 0.3) is 0 Å². The van der Waals surface area contributed by atoms with E-state index in [1.54, 1.807) is 6.07 Å². The standard InChI is InChI=1S/C32H29Cl2N3O2/c1-18-14-21(17-39-29-13-5-4-8-25(29)34)19(2)22(15-18)30-23(16-35)32(36)37(26-10-6-9-24(33)20(26)3)27-11-7-12-28(38)31(27)30/h4-6,8-10,13-15,30H,7,11-12,17,36H2,1-3H3. The molecule has 0 radical (unpaired) electrons. The van der Waals surface area contributed by atoms with Crippen molar-refractivity contribution in [3.8, 4) is 11.8 Å². The average Bonchev–Trinajstić information content (AvgIpc) is 2.91. The van der Waals surface area contributed by atoms with E-state index in [0.717, 1.165) is 45.6 Å². The van der Waals surface area contributed by atoms with Crippen LogP contribution < -0.4 is 15.4 Å². The highest BCUT2D eigenvalue weighted by molar-refractivity contribution is 6.32. The fraction of sp³-hybridized carbons (Fsp3) is 0.250. The van der Waals surface area contributed by atoms with Crippen molar-refractivity contribution in [2.24, 2.45) is 5.73 Å². The molecule has 7 heteroatoms. The Morgan fingerprint density at radius 2 is 1.77 bits per heavy atom. The number of anilines is 1. The van der Waals surface area contributed by atoms with E-state index in [0.29, 0.717) is 52.2 Å². The molecule has 39 heavy (non-hydrogen) atoms. The number of aryl methyl sites for hydroxylation is 1. The van der Waals surface area contributed by atoms with Crippen LogP contribution in [0, 0.1) is 32.1 Å². The second-order valence-electron chi connectivity index (χ2n) is 10.1. The SMILES string of the molecule is Cc1cc(COc2ccccc2Cl)c(C)c(C2C(C#N)=C(N)N(c3cccc(Cl)c3C)C3=C2C(=O)CCC3)c1. The molecule has 0 spiro atoms. The highest BCUT2D eigenvalue weighted by Gasteiger charge is 2.41. The lowest BCUT2D eigenvalue weighted by atomic mass is 9.73. The van der Waals surface area contributed by atoms with E-state index in [2.05, 4.69) is 18.2 Å². The molecule has 1 aliphatic carbocycles. The summed E-state index contributed by atoms with van der Waals surface area (Å²) in [4.78, 5) is 15.5. The van der Waals surface area contributed by atoms with Crippen LogP contribution in [-0.4, -0.2) is 5.78 Å². The van der Waals surface area contributed by atoms with Crippen molar-refractivity contribution < 1.29 is 9.53 Å². The van der Waals surface area contributed by atoms with Crippen molar-refractivity contribution >= 4 is 34.7 Å². The third kappa shape index (κ3) is 4.80. The van der Waals surface area contributed by atoms with Crippen LogP contribution in [-0.2, 0) is 11.4 Å². The molecule has 198 valence electrons. The third-order valence-electron chi connectivity index (χ3n) is 7.62. The number of hydrogen-bond acceptors (Lipinski definition) is 5. The van der Waals surface area contributed by atoms with Crippen molar-refractivity contribution in [2.75, 3.05) is 4.90 Å². The van der Waals surface area contributed by atoms with Gasteiger partial charge in [-0.3, -0.25) is 9.69 Å². The van der Waals surface area contributed by atoms with Gasteiger partial charge in [0.1, 0.15) is 18.2 Å². The Morgan fingerprint density at radius 3 is 2.51 bits per heavy atom. The number of hydrogen-bond donors (Lipinski definition) is 1. The Morgan fingerprint density at radius 1 is 1.03 bits per heavy atom. The molecule has 1 heterocycles. The van der Waals surface area contributed by atoms with Crippen LogP contribution in [0.4, 0.5) is 5.69 Å². The Labute approximate surface area is 239 Å². The van der Waals surface area contributed by atoms with Gasteiger partial charge in [-0.25, -0.2) is 0 Å². The van der Waals surface area contributed by atoms with Gasteiger partial charge in [-0.2, -0.15) is 5.26 Å². The second kappa shape index (κ2) is 10.8. The van der Waals surface area contributed by atoms with Crippen molar-refractivity contribution in [1.29, 1.82) is 5.26 Å². The predicted molar refractivity (Wildman–Crippen MR) is 156 cm³/mol. The van der Waals surface area contributed by atoms with Crippen LogP contribution >= 0.6 is 23.2 Å². The molecule has 0 saturated heterocycles. The Kier molecular flexibility index (Phi) is 7.44. The number of carbonyl (C=O) groups excluding carboxylic acids is 1. The average molecular weight is 559 g/mol. The number of ketones is 1. The van der Waals surface area contributed by atoms with Gasteiger partial charge >= 0.3 is 0 Å². The zero-order chi connectivity index (χ0) is 27.8. The smallest absolute Gasteiger partial charge is 0.161 e. The quantitative estimate of drug-likeness (QED) is 0.346. The van der Waals surface area contributed by atoms with E-state index in [1.165, 1.54) is 0 Å². The molecule has 2 aliphatic rings. The molecule has 5 nitrogen and oxygen atoms in total. The summed E-state index contributed by atoms with van der Waals surface area (Å²) < 4.78 is 6.07. The zero-order valence-corrected chi connectivity index (χ0v) is 23.7. The van der Waals surface area contributed by atoms with Crippen LogP contribution in [0.1, 0.15) is 53.0 Å². The van der Waals surface area contributed by atoms with Crippen molar-refractivity contribution in [3.05, 3.63) is 115 Å². The number of carbonyl (C=O) groups is 1. The van der Waals surface area contributed by atoms with E-state index in [4.69, 9.17) is 33.7 Å². The Balaban J connectivity index is 1.66. The summed E-state index contributed by atoms with van der Waals surface area (Å²) in [6.45, 7) is 6.23. The summed E-state index contributed by atoms with van der Waals surface area (Å²) >= 11 is 12.8. The zero-order valence-electron chi connectivity index (χ0n) is 22.1. The van der Waals surface area contributed by atoms with Crippen LogP contribution in [0.3, 0.4) is 0 Å². The van der Waals surface area contributed by atoms with Gasteiger partial charge in [0.05, 0.1) is 28.3 Å². The molecule has 0 bridgehead atoms. The molecule has 1 atom stereocenters. The lowest BCUT2D eigenvalue weighted by Gasteiger charge is -2.40. The van der Waals surface area contributed by atoms with Crippen molar-refractivity contribution in [1.82, 2.24) is 0 Å². The molecule has 3 aromatic rings. The molecule has 2 N–H and O–H groups in total. The van der Waals surface area contributed by atoms with Gasteiger partial charge in [0.2, 0.25) is 0 Å². The van der Waals surface area contributed by atoms with Crippen LogP contribution in [0.2, 0.25) is 10.0 Å². The monoisotopic (exact) mass is 557 g/mol. The number of halogens is 2. The number of Topliss-reactive ketones (excluding diaryl/α,β-unsaturated/α-hetero) is 1. The minimum Gasteiger partial charge on any atom is -0.487 e. The van der Waals surface area contributed by atoms with Crippen LogP contribution in [0.25, 0.3) is 0 Å². The lowest BCUT2D eigenvalue weighted by Crippen LogP contribution is -2.39. The van der Waals surface area contributed by atoms with Crippen molar-refractivity contribution in [2.45, 2.75) is 52.6 Å². The molecule has 1 aliphatic heterocycles. The molecule has 3 aromatic carbocycles. The lowest BCUT2D eigenvalue weighted by molar-refractivity contribution is -0.116. The van der Waals surface area contributed by atoms with Gasteiger partial charge in [-0.15, -0.1) is 0 Å². The number of nitriles is 1. The normalized spacial score (nSPS) is 17.3.